The molecule has 26 heavy (non-hydrogen) atoms. The van der Waals surface area contributed by atoms with E-state index in [9.17, 15) is 13.2 Å². The Labute approximate surface area is 159 Å². The van der Waals surface area contributed by atoms with Crippen LogP contribution in [0, 0.1) is 0 Å². The number of nitrogens with one attached hydrogen (secondary N) is 1. The molecule has 3 rings (SSSR count). The van der Waals surface area contributed by atoms with Crippen LogP contribution in [0.5, 0.6) is 0 Å². The standard InChI is InChI=1S/C19H24N2O3S2/c1-3-13-26(23,24)20-15-7-5-14(6-8-15)19(22)21-11-9-18-16(10-12-25-18)17(21)4-2/h5-8,10,12,17,20H,3-4,9,11,13H2,1-2H3. The Morgan fingerprint density at radius 3 is 2.62 bits per heavy atom. The second-order valence-electron chi connectivity index (χ2n) is 6.47. The lowest BCUT2D eigenvalue weighted by molar-refractivity contribution is 0.0657. The van der Waals surface area contributed by atoms with Crippen molar-refractivity contribution in [2.75, 3.05) is 17.0 Å². The summed E-state index contributed by atoms with van der Waals surface area (Å²) < 4.78 is 26.3. The summed E-state index contributed by atoms with van der Waals surface area (Å²) in [6.45, 7) is 4.64. The summed E-state index contributed by atoms with van der Waals surface area (Å²) in [6, 6.07) is 8.94. The molecule has 1 aromatic carbocycles. The molecular weight excluding hydrogens is 368 g/mol. The number of amides is 1. The Morgan fingerprint density at radius 1 is 1.23 bits per heavy atom. The van der Waals surface area contributed by atoms with Gasteiger partial charge < -0.3 is 4.90 Å². The molecule has 0 radical (unpaired) electrons. The summed E-state index contributed by atoms with van der Waals surface area (Å²) in [4.78, 5) is 16.3. The molecule has 2 aromatic rings. The lowest BCUT2D eigenvalue weighted by Gasteiger charge is -2.35. The van der Waals surface area contributed by atoms with Crippen LogP contribution in [0.15, 0.2) is 35.7 Å². The number of hydrogen-bond donors (Lipinski definition) is 1. The van der Waals surface area contributed by atoms with E-state index in [4.69, 9.17) is 0 Å². The van der Waals surface area contributed by atoms with Crippen LogP contribution >= 0.6 is 11.3 Å². The summed E-state index contributed by atoms with van der Waals surface area (Å²) in [5.74, 6) is 0.0828. The third kappa shape index (κ3) is 3.94. The maximum Gasteiger partial charge on any atom is 0.254 e. The highest BCUT2D eigenvalue weighted by Crippen LogP contribution is 2.36. The SMILES string of the molecule is CCCS(=O)(=O)Nc1ccc(C(=O)N2CCc3sccc3C2CC)cc1. The molecule has 1 aliphatic rings. The number of hydrogen-bond acceptors (Lipinski definition) is 4. The van der Waals surface area contributed by atoms with Gasteiger partial charge in [0.2, 0.25) is 10.0 Å². The molecule has 0 fully saturated rings. The molecule has 2 heterocycles. The molecule has 7 heteroatoms. The van der Waals surface area contributed by atoms with Gasteiger partial charge in [0.1, 0.15) is 0 Å². The van der Waals surface area contributed by atoms with Gasteiger partial charge in [-0.2, -0.15) is 0 Å². The van der Waals surface area contributed by atoms with E-state index in [0.29, 0.717) is 17.7 Å². The normalized spacial score (nSPS) is 17.0. The molecule has 0 saturated heterocycles. The Morgan fingerprint density at radius 2 is 1.96 bits per heavy atom. The summed E-state index contributed by atoms with van der Waals surface area (Å²) >= 11 is 1.76. The van der Waals surface area contributed by atoms with Crippen molar-refractivity contribution < 1.29 is 13.2 Å². The molecule has 1 unspecified atom stereocenters. The summed E-state index contributed by atoms with van der Waals surface area (Å²) in [6.07, 6.45) is 2.33. The number of fused-ring (bicyclic) bond motifs is 1. The second-order valence-corrected chi connectivity index (χ2v) is 9.31. The Hall–Kier alpha value is -1.86. The highest BCUT2D eigenvalue weighted by Gasteiger charge is 2.30. The van der Waals surface area contributed by atoms with E-state index in [0.717, 1.165) is 19.4 Å². The van der Waals surface area contributed by atoms with Crippen LogP contribution in [0.2, 0.25) is 0 Å². The molecule has 0 aliphatic carbocycles. The fraction of sp³-hybridized carbons (Fsp3) is 0.421. The summed E-state index contributed by atoms with van der Waals surface area (Å²) in [5.41, 5.74) is 2.34. The molecule has 1 aromatic heterocycles. The predicted octanol–water partition coefficient (Wildman–Crippen LogP) is 4.05. The van der Waals surface area contributed by atoms with Gasteiger partial charge in [0.05, 0.1) is 11.8 Å². The Kier molecular flexibility index (Phi) is 5.67. The molecule has 1 aliphatic heterocycles. The quantitative estimate of drug-likeness (QED) is 0.806. The summed E-state index contributed by atoms with van der Waals surface area (Å²) in [5, 5.41) is 2.10. The van der Waals surface area contributed by atoms with Crippen LogP contribution < -0.4 is 4.72 Å². The van der Waals surface area contributed by atoms with Crippen molar-refractivity contribution in [2.45, 2.75) is 39.2 Å². The average Bonchev–Trinajstić information content (AvgIpc) is 3.09. The number of carbonyl (C=O) groups excluding carboxylic acids is 1. The van der Waals surface area contributed by atoms with Gasteiger partial charge in [-0.05, 0) is 60.5 Å². The first-order chi connectivity index (χ1) is 12.4. The van der Waals surface area contributed by atoms with Crippen LogP contribution in [0.1, 0.15) is 53.5 Å². The zero-order valence-corrected chi connectivity index (χ0v) is 16.7. The van der Waals surface area contributed by atoms with Crippen LogP contribution in [0.4, 0.5) is 5.69 Å². The van der Waals surface area contributed by atoms with Crippen molar-refractivity contribution in [1.82, 2.24) is 4.90 Å². The van der Waals surface area contributed by atoms with Crippen molar-refractivity contribution in [2.24, 2.45) is 0 Å². The van der Waals surface area contributed by atoms with Crippen LogP contribution in [-0.2, 0) is 16.4 Å². The highest BCUT2D eigenvalue weighted by molar-refractivity contribution is 7.92. The van der Waals surface area contributed by atoms with Gasteiger partial charge >= 0.3 is 0 Å². The van der Waals surface area contributed by atoms with E-state index in [1.165, 1.54) is 10.4 Å². The van der Waals surface area contributed by atoms with Crippen LogP contribution in [-0.4, -0.2) is 31.5 Å². The first-order valence-electron chi connectivity index (χ1n) is 8.93. The second kappa shape index (κ2) is 7.80. The topological polar surface area (TPSA) is 66.5 Å². The Bertz CT molecular complexity index is 872. The first kappa shape index (κ1) is 18.9. The zero-order valence-electron chi connectivity index (χ0n) is 15.1. The fourth-order valence-corrected chi connectivity index (χ4v) is 5.49. The number of carbonyl (C=O) groups is 1. The van der Waals surface area contributed by atoms with Gasteiger partial charge in [0.25, 0.3) is 5.91 Å². The zero-order chi connectivity index (χ0) is 18.7. The van der Waals surface area contributed by atoms with Gasteiger partial charge in [-0.15, -0.1) is 11.3 Å². The van der Waals surface area contributed by atoms with Crippen molar-refractivity contribution in [1.29, 1.82) is 0 Å². The molecule has 140 valence electrons. The third-order valence-corrected chi connectivity index (χ3v) is 7.11. The van der Waals surface area contributed by atoms with E-state index < -0.39 is 10.0 Å². The predicted molar refractivity (Wildman–Crippen MR) is 106 cm³/mol. The molecule has 1 atom stereocenters. The first-order valence-corrected chi connectivity index (χ1v) is 11.5. The van der Waals surface area contributed by atoms with E-state index in [1.807, 2.05) is 11.8 Å². The van der Waals surface area contributed by atoms with E-state index in [2.05, 4.69) is 23.1 Å². The lowest BCUT2D eigenvalue weighted by Crippen LogP contribution is -2.39. The largest absolute Gasteiger partial charge is 0.331 e. The maximum atomic E-state index is 13.0. The van der Waals surface area contributed by atoms with Gasteiger partial charge in [-0.3, -0.25) is 9.52 Å². The molecule has 1 N–H and O–H groups in total. The van der Waals surface area contributed by atoms with Crippen molar-refractivity contribution in [3.63, 3.8) is 0 Å². The highest BCUT2D eigenvalue weighted by atomic mass is 32.2. The Balaban J connectivity index is 1.76. The van der Waals surface area contributed by atoms with Crippen molar-refractivity contribution >= 4 is 33.0 Å². The minimum atomic E-state index is -3.32. The number of sulfonamides is 1. The van der Waals surface area contributed by atoms with Crippen molar-refractivity contribution in [3.05, 3.63) is 51.7 Å². The maximum absolute atomic E-state index is 13.0. The van der Waals surface area contributed by atoms with E-state index in [1.54, 1.807) is 35.6 Å². The number of anilines is 1. The van der Waals surface area contributed by atoms with Crippen molar-refractivity contribution in [3.8, 4) is 0 Å². The molecule has 5 nitrogen and oxygen atoms in total. The third-order valence-electron chi connectivity index (χ3n) is 4.62. The van der Waals surface area contributed by atoms with Gasteiger partial charge in [0.15, 0.2) is 0 Å². The molecule has 1 amide bonds. The number of nitrogens with zero attached hydrogens (tertiary/aromatic N) is 1. The molecular formula is C19H24N2O3S2. The van der Waals surface area contributed by atoms with E-state index in [-0.39, 0.29) is 17.7 Å². The molecule has 0 spiro atoms. The number of rotatable bonds is 6. The van der Waals surface area contributed by atoms with Gasteiger partial charge in [-0.25, -0.2) is 8.42 Å². The monoisotopic (exact) mass is 392 g/mol. The van der Waals surface area contributed by atoms with Crippen LogP contribution in [0.25, 0.3) is 0 Å². The number of thiophene rings is 1. The van der Waals surface area contributed by atoms with Crippen LogP contribution in [0.3, 0.4) is 0 Å². The number of benzene rings is 1. The minimum absolute atomic E-state index is 0.00309. The summed E-state index contributed by atoms with van der Waals surface area (Å²) in [7, 11) is -3.32. The fourth-order valence-electron chi connectivity index (χ4n) is 3.43. The lowest BCUT2D eigenvalue weighted by atomic mass is 9.97. The average molecular weight is 393 g/mol. The van der Waals surface area contributed by atoms with E-state index >= 15 is 0 Å². The smallest absolute Gasteiger partial charge is 0.254 e. The van der Waals surface area contributed by atoms with Gasteiger partial charge in [-0.1, -0.05) is 13.8 Å². The minimum Gasteiger partial charge on any atom is -0.331 e. The molecule has 0 bridgehead atoms. The van der Waals surface area contributed by atoms with Gasteiger partial charge in [0, 0.05) is 22.7 Å². The molecule has 0 saturated carbocycles.